The summed E-state index contributed by atoms with van der Waals surface area (Å²) >= 11 is 0. The molecule has 2 N–H and O–H groups in total. The van der Waals surface area contributed by atoms with Gasteiger partial charge in [0.2, 0.25) is 0 Å². The van der Waals surface area contributed by atoms with Crippen molar-refractivity contribution in [3.8, 4) is 0 Å². The van der Waals surface area contributed by atoms with E-state index >= 15 is 0 Å². The molecule has 2 aromatic heterocycles. The van der Waals surface area contributed by atoms with Crippen molar-refractivity contribution in [1.29, 1.82) is 0 Å². The highest BCUT2D eigenvalue weighted by Crippen LogP contribution is 2.37. The van der Waals surface area contributed by atoms with Gasteiger partial charge in [-0.3, -0.25) is 4.79 Å². The molecule has 0 saturated heterocycles. The predicted octanol–water partition coefficient (Wildman–Crippen LogP) is 6.82. The Hall–Kier alpha value is -4.11. The van der Waals surface area contributed by atoms with Crippen molar-refractivity contribution in [1.82, 2.24) is 9.97 Å². The number of fused-ring (bicyclic) bond motifs is 3. The van der Waals surface area contributed by atoms with E-state index < -0.39 is 5.92 Å². The Morgan fingerprint density at radius 1 is 0.613 bits per heavy atom. The monoisotopic (exact) mass is 400 g/mol. The number of para-hydroxylation sites is 2. The lowest BCUT2D eigenvalue weighted by atomic mass is 9.84. The third kappa shape index (κ3) is 2.86. The molecule has 0 aliphatic rings. The second kappa shape index (κ2) is 6.99. The molecule has 3 heteroatoms. The Morgan fingerprint density at radius 3 is 1.81 bits per heavy atom. The first-order valence-corrected chi connectivity index (χ1v) is 10.4. The smallest absolute Gasteiger partial charge is 0.174 e. The fourth-order valence-electron chi connectivity index (χ4n) is 4.62. The van der Waals surface area contributed by atoms with E-state index in [1.807, 2.05) is 79.1 Å². The fourth-order valence-corrected chi connectivity index (χ4v) is 4.62. The molecule has 4 aromatic carbocycles. The number of benzene rings is 4. The van der Waals surface area contributed by atoms with Gasteiger partial charge in [0.15, 0.2) is 5.78 Å². The van der Waals surface area contributed by atoms with Crippen LogP contribution >= 0.6 is 0 Å². The maximum Gasteiger partial charge on any atom is 0.174 e. The molecular weight excluding hydrogens is 380 g/mol. The molecule has 0 bridgehead atoms. The van der Waals surface area contributed by atoms with Crippen molar-refractivity contribution >= 4 is 38.4 Å². The molecule has 0 spiro atoms. The van der Waals surface area contributed by atoms with Crippen molar-refractivity contribution < 1.29 is 4.79 Å². The third-order valence-electron chi connectivity index (χ3n) is 6.16. The van der Waals surface area contributed by atoms with E-state index in [9.17, 15) is 4.79 Å². The zero-order chi connectivity index (χ0) is 20.8. The van der Waals surface area contributed by atoms with Crippen LogP contribution in [0.15, 0.2) is 103 Å². The molecule has 31 heavy (non-hydrogen) atoms. The van der Waals surface area contributed by atoms with Gasteiger partial charge in [-0.05, 0) is 40.1 Å². The molecule has 0 aliphatic carbocycles. The lowest BCUT2D eigenvalue weighted by Crippen LogP contribution is -2.14. The number of hydrogen-bond acceptors (Lipinski definition) is 1. The minimum Gasteiger partial charge on any atom is -0.361 e. The quantitative estimate of drug-likeness (QED) is 0.314. The molecule has 0 fully saturated rings. The van der Waals surface area contributed by atoms with Crippen LogP contribution in [-0.4, -0.2) is 15.8 Å². The van der Waals surface area contributed by atoms with Gasteiger partial charge in [-0.1, -0.05) is 72.8 Å². The normalized spacial score (nSPS) is 11.6. The van der Waals surface area contributed by atoms with E-state index in [0.29, 0.717) is 0 Å². The lowest BCUT2D eigenvalue weighted by Gasteiger charge is -2.16. The molecule has 0 saturated carbocycles. The lowest BCUT2D eigenvalue weighted by molar-refractivity contribution is 0.0975. The summed E-state index contributed by atoms with van der Waals surface area (Å²) < 4.78 is 0. The van der Waals surface area contributed by atoms with Gasteiger partial charge in [0.1, 0.15) is 0 Å². The first-order chi connectivity index (χ1) is 15.3. The molecule has 0 radical (unpaired) electrons. The summed E-state index contributed by atoms with van der Waals surface area (Å²) in [6.45, 7) is 0. The van der Waals surface area contributed by atoms with Gasteiger partial charge in [0.25, 0.3) is 0 Å². The summed E-state index contributed by atoms with van der Waals surface area (Å²) in [6, 6.07) is 30.4. The van der Waals surface area contributed by atoms with Crippen LogP contribution in [-0.2, 0) is 0 Å². The Kier molecular flexibility index (Phi) is 4.00. The van der Waals surface area contributed by atoms with Crippen LogP contribution in [0, 0.1) is 0 Å². The van der Waals surface area contributed by atoms with E-state index in [1.165, 1.54) is 0 Å². The molecule has 0 atom stereocenters. The number of carbonyl (C=O) groups excluding carboxylic acids is 1. The highest BCUT2D eigenvalue weighted by Gasteiger charge is 2.28. The van der Waals surface area contributed by atoms with E-state index in [4.69, 9.17) is 0 Å². The molecule has 3 nitrogen and oxygen atoms in total. The van der Waals surface area contributed by atoms with Crippen molar-refractivity contribution in [2.45, 2.75) is 5.92 Å². The number of ketones is 1. The number of nitrogens with one attached hydrogen (secondary N) is 2. The molecule has 0 unspecified atom stereocenters. The average molecular weight is 400 g/mol. The first kappa shape index (κ1) is 17.7. The van der Waals surface area contributed by atoms with Gasteiger partial charge < -0.3 is 9.97 Å². The summed E-state index contributed by atoms with van der Waals surface area (Å²) in [7, 11) is 0. The topological polar surface area (TPSA) is 48.6 Å². The number of H-pyrrole nitrogens is 2. The van der Waals surface area contributed by atoms with Gasteiger partial charge in [0, 0.05) is 39.8 Å². The third-order valence-corrected chi connectivity index (χ3v) is 6.16. The largest absolute Gasteiger partial charge is 0.361 e. The van der Waals surface area contributed by atoms with Gasteiger partial charge in [-0.25, -0.2) is 0 Å². The molecule has 2 heterocycles. The van der Waals surface area contributed by atoms with Crippen molar-refractivity contribution in [3.05, 3.63) is 120 Å². The molecule has 6 aromatic rings. The fraction of sp³-hybridized carbons (Fsp3) is 0.0357. The second-order valence-electron chi connectivity index (χ2n) is 7.94. The SMILES string of the molecule is O=C(c1ccc2ccccc2c1)C(c1c[nH]c2ccccc12)c1c[nH]c2ccccc12. The second-order valence-corrected chi connectivity index (χ2v) is 7.94. The van der Waals surface area contributed by atoms with Gasteiger partial charge >= 0.3 is 0 Å². The van der Waals surface area contributed by atoms with Gasteiger partial charge in [-0.2, -0.15) is 0 Å². The zero-order valence-corrected chi connectivity index (χ0v) is 16.8. The Labute approximate surface area is 179 Å². The van der Waals surface area contributed by atoms with Crippen LogP contribution in [0.1, 0.15) is 27.4 Å². The van der Waals surface area contributed by atoms with Crippen molar-refractivity contribution in [2.75, 3.05) is 0 Å². The first-order valence-electron chi connectivity index (χ1n) is 10.4. The van der Waals surface area contributed by atoms with Crippen molar-refractivity contribution in [3.63, 3.8) is 0 Å². The van der Waals surface area contributed by atoms with Crippen LogP contribution in [0.25, 0.3) is 32.6 Å². The van der Waals surface area contributed by atoms with Crippen LogP contribution < -0.4 is 0 Å². The molecule has 0 amide bonds. The minimum atomic E-state index is -0.409. The van der Waals surface area contributed by atoms with Crippen LogP contribution in [0.3, 0.4) is 0 Å². The van der Waals surface area contributed by atoms with Crippen LogP contribution in [0.5, 0.6) is 0 Å². The Balaban J connectivity index is 1.58. The summed E-state index contributed by atoms with van der Waals surface area (Å²) in [4.78, 5) is 20.7. The highest BCUT2D eigenvalue weighted by molar-refractivity contribution is 6.09. The van der Waals surface area contributed by atoms with E-state index in [2.05, 4.69) is 34.2 Å². The standard InChI is InChI=1S/C28H20N2O/c31-28(20-14-13-18-7-1-2-8-19(18)15-20)27(23-16-29-25-11-5-3-9-21(23)25)24-17-30-26-12-6-4-10-22(24)26/h1-17,27,29-30H. The molecular formula is C28H20N2O. The summed E-state index contributed by atoms with van der Waals surface area (Å²) in [5.74, 6) is -0.311. The van der Waals surface area contributed by atoms with E-state index in [-0.39, 0.29) is 5.78 Å². The maximum absolute atomic E-state index is 14.0. The van der Waals surface area contributed by atoms with Crippen molar-refractivity contribution in [2.24, 2.45) is 0 Å². The van der Waals surface area contributed by atoms with E-state index in [0.717, 1.165) is 49.3 Å². The number of rotatable bonds is 4. The summed E-state index contributed by atoms with van der Waals surface area (Å²) in [5.41, 5.74) is 4.79. The number of carbonyl (C=O) groups is 1. The number of Topliss-reactive ketones (excluding diaryl/α,β-unsaturated/α-hetero) is 1. The summed E-state index contributed by atoms with van der Waals surface area (Å²) in [5, 5.41) is 4.36. The highest BCUT2D eigenvalue weighted by atomic mass is 16.1. The number of aromatic nitrogens is 2. The Bertz CT molecular complexity index is 1500. The van der Waals surface area contributed by atoms with Crippen LogP contribution in [0.4, 0.5) is 0 Å². The van der Waals surface area contributed by atoms with E-state index in [1.54, 1.807) is 0 Å². The van der Waals surface area contributed by atoms with Gasteiger partial charge in [0.05, 0.1) is 5.92 Å². The molecule has 0 aliphatic heterocycles. The minimum absolute atomic E-state index is 0.0975. The average Bonchev–Trinajstić information content (AvgIpc) is 3.44. The molecule has 6 rings (SSSR count). The maximum atomic E-state index is 14.0. The van der Waals surface area contributed by atoms with Gasteiger partial charge in [-0.15, -0.1) is 0 Å². The number of hydrogen-bond donors (Lipinski definition) is 2. The Morgan fingerprint density at radius 2 is 1.16 bits per heavy atom. The predicted molar refractivity (Wildman–Crippen MR) is 127 cm³/mol. The number of aromatic amines is 2. The van der Waals surface area contributed by atoms with Crippen LogP contribution in [0.2, 0.25) is 0 Å². The zero-order valence-electron chi connectivity index (χ0n) is 16.8. The molecule has 148 valence electrons. The summed E-state index contributed by atoms with van der Waals surface area (Å²) in [6.07, 6.45) is 3.96.